The predicted octanol–water partition coefficient (Wildman–Crippen LogP) is 3.31. The van der Waals surface area contributed by atoms with Crippen molar-refractivity contribution < 1.29 is 26.9 Å². The molecule has 0 aliphatic heterocycles. The van der Waals surface area contributed by atoms with Gasteiger partial charge in [-0.25, -0.2) is 4.79 Å². The lowest BCUT2D eigenvalue weighted by Crippen LogP contribution is -2.20. The van der Waals surface area contributed by atoms with Crippen molar-refractivity contribution >= 4 is 27.0 Å². The number of methoxy groups -OCH3 is 1. The Morgan fingerprint density at radius 1 is 1.06 bits per heavy atom. The molecule has 0 aliphatic rings. The van der Waals surface area contributed by atoms with Crippen molar-refractivity contribution in [2.24, 2.45) is 0 Å². The second-order valence-corrected chi connectivity index (χ2v) is 9.53. The molecule has 33 heavy (non-hydrogen) atoms. The Morgan fingerprint density at radius 3 is 2.52 bits per heavy atom. The molecular weight excluding hydrogens is 444 g/mol. The number of nitrogens with zero attached hydrogens (tertiary/aromatic N) is 2. The average molecular weight is 475 g/mol. The number of ether oxygens (including phenoxy) is 2. The summed E-state index contributed by atoms with van der Waals surface area (Å²) in [6.07, 6.45) is 3.68. The molecule has 1 heterocycles. The van der Waals surface area contributed by atoms with E-state index < -0.39 is 10.1 Å². The number of benzene rings is 2. The molecule has 0 amide bonds. The van der Waals surface area contributed by atoms with Gasteiger partial charge < -0.3 is 18.9 Å². The Morgan fingerprint density at radius 2 is 1.82 bits per heavy atom. The minimum Gasteiger partial charge on any atom is -0.492 e. The van der Waals surface area contributed by atoms with Gasteiger partial charge in [-0.3, -0.25) is 4.18 Å². The Hall–Kier alpha value is -2.88. The van der Waals surface area contributed by atoms with Gasteiger partial charge in [-0.15, -0.1) is 0 Å². The highest BCUT2D eigenvalue weighted by atomic mass is 32.2. The lowest BCUT2D eigenvalue weighted by molar-refractivity contribution is 0.0601. The van der Waals surface area contributed by atoms with Gasteiger partial charge >= 0.3 is 5.97 Å². The summed E-state index contributed by atoms with van der Waals surface area (Å²) in [5, 5.41) is 1.05. The number of hydrogen-bond donors (Lipinski definition) is 0. The van der Waals surface area contributed by atoms with Crippen LogP contribution in [0.1, 0.15) is 22.3 Å². The largest absolute Gasteiger partial charge is 0.492 e. The van der Waals surface area contributed by atoms with Crippen molar-refractivity contribution in [3.63, 3.8) is 0 Å². The van der Waals surface area contributed by atoms with Crippen LogP contribution in [0, 0.1) is 0 Å². The molecule has 3 aromatic rings. The molecule has 9 heteroatoms. The van der Waals surface area contributed by atoms with Crippen LogP contribution in [0.15, 0.2) is 54.7 Å². The zero-order valence-electron chi connectivity index (χ0n) is 19.2. The van der Waals surface area contributed by atoms with E-state index in [0.717, 1.165) is 41.6 Å². The van der Waals surface area contributed by atoms with Gasteiger partial charge in [0, 0.05) is 24.8 Å². The number of carbonyl (C=O) groups excluding carboxylic acids is 1. The fourth-order valence-electron chi connectivity index (χ4n) is 3.51. The summed E-state index contributed by atoms with van der Waals surface area (Å²) in [5.74, 6) is 0.434. The van der Waals surface area contributed by atoms with Crippen LogP contribution in [-0.4, -0.2) is 64.0 Å². The quantitative estimate of drug-likeness (QED) is 0.226. The molecule has 0 unspecified atom stereocenters. The highest BCUT2D eigenvalue weighted by molar-refractivity contribution is 7.85. The summed E-state index contributed by atoms with van der Waals surface area (Å²) in [7, 11) is -0.0192. The predicted molar refractivity (Wildman–Crippen MR) is 127 cm³/mol. The second kappa shape index (κ2) is 11.3. The topological polar surface area (TPSA) is 87.1 Å². The molecular formula is C24H30N2O6S. The monoisotopic (exact) mass is 474 g/mol. The lowest BCUT2D eigenvalue weighted by Gasteiger charge is -2.16. The molecule has 0 N–H and O–H groups in total. The van der Waals surface area contributed by atoms with E-state index in [1.165, 1.54) is 7.11 Å². The van der Waals surface area contributed by atoms with Crippen LogP contribution < -0.4 is 4.74 Å². The van der Waals surface area contributed by atoms with Crippen molar-refractivity contribution in [2.45, 2.75) is 19.5 Å². The normalized spacial score (nSPS) is 11.8. The summed E-state index contributed by atoms with van der Waals surface area (Å²) in [6.45, 7) is 2.81. The van der Waals surface area contributed by atoms with E-state index in [1.807, 2.05) is 55.7 Å². The van der Waals surface area contributed by atoms with Crippen molar-refractivity contribution in [1.29, 1.82) is 0 Å². The van der Waals surface area contributed by atoms with Crippen LogP contribution in [0.3, 0.4) is 0 Å². The number of carbonyl (C=O) groups is 1. The van der Waals surface area contributed by atoms with Crippen molar-refractivity contribution in [2.75, 3.05) is 40.2 Å². The van der Waals surface area contributed by atoms with Gasteiger partial charge in [0.05, 0.1) is 32.1 Å². The molecule has 0 bridgehead atoms. The van der Waals surface area contributed by atoms with E-state index in [0.29, 0.717) is 25.1 Å². The molecule has 1 aromatic heterocycles. The van der Waals surface area contributed by atoms with E-state index in [-0.39, 0.29) is 12.6 Å². The highest BCUT2D eigenvalue weighted by Gasteiger charge is 2.09. The van der Waals surface area contributed by atoms with E-state index in [4.69, 9.17) is 13.7 Å². The maximum Gasteiger partial charge on any atom is 0.337 e. The number of esters is 1. The first-order chi connectivity index (χ1) is 15.7. The fraction of sp³-hybridized carbons (Fsp3) is 0.375. The smallest absolute Gasteiger partial charge is 0.337 e. The first-order valence-corrected chi connectivity index (χ1v) is 12.5. The van der Waals surface area contributed by atoms with E-state index >= 15 is 0 Å². The molecule has 2 aromatic carbocycles. The molecule has 0 aliphatic carbocycles. The highest BCUT2D eigenvalue weighted by Crippen LogP contribution is 2.19. The van der Waals surface area contributed by atoms with Crippen LogP contribution in [-0.2, 0) is 32.1 Å². The molecule has 0 atom stereocenters. The molecule has 8 nitrogen and oxygen atoms in total. The molecule has 0 saturated heterocycles. The minimum absolute atomic E-state index is 0.191. The standard InChI is InChI=1S/C24H30N2O6S/c1-25(12-4-15-32-33(3,28)29)18-19-5-9-22(10-6-19)31-16-14-26-13-11-20-7-8-21(17-23(20)26)24(27)30-2/h5-11,13,17H,4,12,14-16,18H2,1-3H3. The SMILES string of the molecule is COC(=O)c1ccc2ccn(CCOc3ccc(CN(C)CCCOS(C)(=O)=O)cc3)c2c1. The minimum atomic E-state index is -3.38. The Balaban J connectivity index is 1.46. The fourth-order valence-corrected chi connectivity index (χ4v) is 3.93. The molecule has 0 fully saturated rings. The molecule has 0 spiro atoms. The summed E-state index contributed by atoms with van der Waals surface area (Å²) >= 11 is 0. The van der Waals surface area contributed by atoms with Crippen molar-refractivity contribution in [3.8, 4) is 5.75 Å². The summed E-state index contributed by atoms with van der Waals surface area (Å²) in [4.78, 5) is 13.9. The number of hydrogen-bond acceptors (Lipinski definition) is 7. The first-order valence-electron chi connectivity index (χ1n) is 10.7. The third-order valence-corrected chi connectivity index (χ3v) is 5.75. The Bertz CT molecular complexity index is 1170. The number of aromatic nitrogens is 1. The third-order valence-electron chi connectivity index (χ3n) is 5.15. The Labute approximate surface area is 194 Å². The van der Waals surface area contributed by atoms with Gasteiger partial charge in [-0.2, -0.15) is 8.42 Å². The van der Waals surface area contributed by atoms with Gasteiger partial charge in [-0.05, 0) is 54.8 Å². The van der Waals surface area contributed by atoms with E-state index in [1.54, 1.807) is 6.07 Å². The van der Waals surface area contributed by atoms with Crippen molar-refractivity contribution in [1.82, 2.24) is 9.47 Å². The summed E-state index contributed by atoms with van der Waals surface area (Å²) < 4.78 is 39.5. The van der Waals surface area contributed by atoms with Crippen LogP contribution in [0.25, 0.3) is 10.9 Å². The van der Waals surface area contributed by atoms with E-state index in [9.17, 15) is 13.2 Å². The van der Waals surface area contributed by atoms with Gasteiger partial charge in [0.1, 0.15) is 12.4 Å². The van der Waals surface area contributed by atoms with Crippen molar-refractivity contribution in [3.05, 3.63) is 65.9 Å². The van der Waals surface area contributed by atoms with E-state index in [2.05, 4.69) is 9.47 Å². The average Bonchev–Trinajstić information content (AvgIpc) is 3.19. The van der Waals surface area contributed by atoms with Gasteiger partial charge in [0.25, 0.3) is 10.1 Å². The van der Waals surface area contributed by atoms with Gasteiger partial charge in [-0.1, -0.05) is 18.2 Å². The number of fused-ring (bicyclic) bond motifs is 1. The second-order valence-electron chi connectivity index (χ2n) is 7.88. The maximum absolute atomic E-state index is 11.8. The number of rotatable bonds is 12. The lowest BCUT2D eigenvalue weighted by atomic mass is 10.1. The molecule has 0 saturated carbocycles. The molecule has 0 radical (unpaired) electrons. The first kappa shape index (κ1) is 24.8. The van der Waals surface area contributed by atoms with Crippen LogP contribution >= 0.6 is 0 Å². The summed E-state index contributed by atoms with van der Waals surface area (Å²) in [5.41, 5.74) is 2.62. The summed E-state index contributed by atoms with van der Waals surface area (Å²) in [6, 6.07) is 15.4. The third kappa shape index (κ3) is 7.59. The molecule has 3 rings (SSSR count). The maximum atomic E-state index is 11.8. The van der Waals surface area contributed by atoms with Crippen LogP contribution in [0.4, 0.5) is 0 Å². The Kier molecular flexibility index (Phi) is 8.49. The zero-order chi connectivity index (χ0) is 23.8. The van der Waals surface area contributed by atoms with Gasteiger partial charge in [0.2, 0.25) is 0 Å². The zero-order valence-corrected chi connectivity index (χ0v) is 20.0. The van der Waals surface area contributed by atoms with Crippen LogP contribution in [0.2, 0.25) is 0 Å². The van der Waals surface area contributed by atoms with Crippen LogP contribution in [0.5, 0.6) is 5.75 Å². The molecule has 178 valence electrons. The van der Waals surface area contributed by atoms with Gasteiger partial charge in [0.15, 0.2) is 0 Å².